The monoisotopic (exact) mass is 525 g/mol. The predicted molar refractivity (Wildman–Crippen MR) is 139 cm³/mol. The summed E-state index contributed by atoms with van der Waals surface area (Å²) in [6.45, 7) is 1.71. The van der Waals surface area contributed by atoms with E-state index in [1.165, 1.54) is 20.3 Å². The zero-order valence-electron chi connectivity index (χ0n) is 19.5. The second-order valence-electron chi connectivity index (χ2n) is 7.74. The number of amides is 3. The molecule has 0 aliphatic carbocycles. The fourth-order valence-corrected chi connectivity index (χ4v) is 4.03. The maximum Gasteiger partial charge on any atom is 0.283 e. The number of carbonyl (C=O) groups is 3. The third-order valence-corrected chi connectivity index (χ3v) is 6.32. The van der Waals surface area contributed by atoms with Gasteiger partial charge in [-0.15, -0.1) is 0 Å². The zero-order valence-corrected chi connectivity index (χ0v) is 21.0. The largest absolute Gasteiger partial charge is 0.497 e. The van der Waals surface area contributed by atoms with Crippen LogP contribution in [0.4, 0.5) is 17.1 Å². The first-order valence-corrected chi connectivity index (χ1v) is 11.4. The van der Waals surface area contributed by atoms with Gasteiger partial charge in [0.25, 0.3) is 17.7 Å². The summed E-state index contributed by atoms with van der Waals surface area (Å²) in [5, 5.41) is 5.82. The van der Waals surface area contributed by atoms with Crippen molar-refractivity contribution < 1.29 is 23.9 Å². The van der Waals surface area contributed by atoms with Gasteiger partial charge in [0.05, 0.1) is 25.6 Å². The molecule has 1 heterocycles. The highest BCUT2D eigenvalue weighted by atomic mass is 35.5. The molecule has 184 valence electrons. The highest BCUT2D eigenvalue weighted by Gasteiger charge is 2.39. The van der Waals surface area contributed by atoms with Crippen molar-refractivity contribution in [3.05, 3.63) is 87.5 Å². The number of benzene rings is 3. The molecule has 4 rings (SSSR count). The summed E-state index contributed by atoms with van der Waals surface area (Å²) in [7, 11) is 3.02. The number of halogens is 2. The maximum absolute atomic E-state index is 13.1. The second kappa shape index (κ2) is 10.3. The van der Waals surface area contributed by atoms with Crippen LogP contribution in [0.3, 0.4) is 0 Å². The van der Waals surface area contributed by atoms with Crippen LogP contribution in [0.5, 0.6) is 11.5 Å². The molecule has 3 aromatic carbocycles. The van der Waals surface area contributed by atoms with Crippen molar-refractivity contribution in [3.8, 4) is 11.5 Å². The molecule has 0 saturated carbocycles. The van der Waals surface area contributed by atoms with Gasteiger partial charge in [-0.1, -0.05) is 35.3 Å². The molecule has 1 aliphatic heterocycles. The van der Waals surface area contributed by atoms with Crippen LogP contribution in [0.1, 0.15) is 15.9 Å². The molecule has 1 aliphatic rings. The summed E-state index contributed by atoms with van der Waals surface area (Å²) < 4.78 is 10.5. The smallest absolute Gasteiger partial charge is 0.283 e. The minimum absolute atomic E-state index is 0.101. The fourth-order valence-electron chi connectivity index (χ4n) is 3.65. The first-order chi connectivity index (χ1) is 17.2. The number of nitrogens with zero attached hydrogens (tertiary/aromatic N) is 1. The molecule has 0 fully saturated rings. The molecule has 36 heavy (non-hydrogen) atoms. The Hall–Kier alpha value is -4.01. The van der Waals surface area contributed by atoms with Crippen molar-refractivity contribution in [3.63, 3.8) is 0 Å². The molecule has 2 N–H and O–H groups in total. The Balaban J connectivity index is 1.56. The summed E-state index contributed by atoms with van der Waals surface area (Å²) in [6.07, 6.45) is 0. The number of rotatable bonds is 7. The normalized spacial score (nSPS) is 13.2. The van der Waals surface area contributed by atoms with Crippen LogP contribution in [0, 0.1) is 6.92 Å². The molecule has 0 bridgehead atoms. The van der Waals surface area contributed by atoms with Crippen molar-refractivity contribution >= 4 is 58.0 Å². The first-order valence-electron chi connectivity index (χ1n) is 10.7. The molecule has 3 amide bonds. The van der Waals surface area contributed by atoms with Gasteiger partial charge in [-0.3, -0.25) is 14.4 Å². The number of methoxy groups -OCH3 is 2. The molecular weight excluding hydrogens is 505 g/mol. The highest BCUT2D eigenvalue weighted by molar-refractivity contribution is 6.53. The van der Waals surface area contributed by atoms with Gasteiger partial charge < -0.3 is 20.1 Å². The third kappa shape index (κ3) is 4.73. The highest BCUT2D eigenvalue weighted by Crippen LogP contribution is 2.34. The van der Waals surface area contributed by atoms with Crippen LogP contribution in [-0.2, 0) is 9.59 Å². The van der Waals surface area contributed by atoms with E-state index in [1.807, 2.05) is 0 Å². The Bertz CT molecular complexity index is 1420. The number of anilines is 3. The van der Waals surface area contributed by atoms with Gasteiger partial charge >= 0.3 is 0 Å². The quantitative estimate of drug-likeness (QED) is 0.403. The van der Waals surface area contributed by atoms with Crippen LogP contribution in [0.25, 0.3) is 0 Å². The lowest BCUT2D eigenvalue weighted by Gasteiger charge is -2.18. The number of nitrogens with one attached hydrogen (secondary N) is 2. The van der Waals surface area contributed by atoms with Gasteiger partial charge in [0.15, 0.2) is 0 Å². The number of ether oxygens (including phenoxy) is 2. The topological polar surface area (TPSA) is 97.0 Å². The van der Waals surface area contributed by atoms with E-state index in [0.717, 1.165) is 4.90 Å². The van der Waals surface area contributed by atoms with Gasteiger partial charge in [-0.2, -0.15) is 0 Å². The number of hydrogen-bond acceptors (Lipinski definition) is 6. The number of carbonyl (C=O) groups excluding carboxylic acids is 3. The molecule has 0 aromatic heterocycles. The summed E-state index contributed by atoms with van der Waals surface area (Å²) in [5.74, 6) is -0.699. The Labute approximate surface area is 217 Å². The molecule has 3 aromatic rings. The third-order valence-electron chi connectivity index (χ3n) is 5.56. The number of hydrogen-bond donors (Lipinski definition) is 2. The minimum Gasteiger partial charge on any atom is -0.497 e. The predicted octanol–water partition coefficient (Wildman–Crippen LogP) is 5.35. The molecule has 0 saturated heterocycles. The molecule has 10 heteroatoms. The summed E-state index contributed by atoms with van der Waals surface area (Å²) in [6, 6.07) is 16.4. The van der Waals surface area contributed by atoms with Crippen molar-refractivity contribution in [2.24, 2.45) is 0 Å². The number of imide groups is 1. The van der Waals surface area contributed by atoms with Crippen molar-refractivity contribution in [1.29, 1.82) is 0 Å². The first kappa shape index (κ1) is 25.1. The van der Waals surface area contributed by atoms with Crippen molar-refractivity contribution in [2.45, 2.75) is 6.92 Å². The van der Waals surface area contributed by atoms with E-state index in [-0.39, 0.29) is 10.7 Å². The average molecular weight is 526 g/mol. The van der Waals surface area contributed by atoms with Crippen molar-refractivity contribution in [1.82, 2.24) is 0 Å². The van der Waals surface area contributed by atoms with Crippen LogP contribution in [0.2, 0.25) is 5.02 Å². The van der Waals surface area contributed by atoms with Crippen LogP contribution in [-0.4, -0.2) is 31.9 Å². The van der Waals surface area contributed by atoms with E-state index in [2.05, 4.69) is 10.6 Å². The van der Waals surface area contributed by atoms with Gasteiger partial charge in [0.1, 0.15) is 22.2 Å². The SMILES string of the molecule is COc1ccc(NC(=O)c2cccc(NC3=C(Cl)C(=O)N(c4cccc(Cl)c4C)C3=O)c2)c(OC)c1. The molecule has 8 nitrogen and oxygen atoms in total. The Morgan fingerprint density at radius 1 is 0.917 bits per heavy atom. The Morgan fingerprint density at radius 3 is 2.39 bits per heavy atom. The van der Waals surface area contributed by atoms with Crippen LogP contribution < -0.4 is 25.0 Å². The standard InChI is InChI=1S/C26H21Cl2N3O5/c1-14-18(27)8-5-9-20(14)31-25(33)22(28)23(26(31)34)29-16-7-4-6-15(12-16)24(32)30-19-11-10-17(35-2)13-21(19)36-3/h4-13,29H,1-3H3,(H,30,32). The lowest BCUT2D eigenvalue weighted by Crippen LogP contribution is -2.32. The Kier molecular flexibility index (Phi) is 7.19. The van der Waals surface area contributed by atoms with Crippen LogP contribution >= 0.6 is 23.2 Å². The minimum atomic E-state index is -0.671. The molecular formula is C26H21Cl2N3O5. The molecule has 0 spiro atoms. The van der Waals surface area contributed by atoms with Gasteiger partial charge in [-0.25, -0.2) is 4.90 Å². The molecule has 0 radical (unpaired) electrons. The van der Waals surface area contributed by atoms with Gasteiger partial charge in [0, 0.05) is 22.3 Å². The molecule has 0 atom stereocenters. The van der Waals surface area contributed by atoms with E-state index >= 15 is 0 Å². The van der Waals surface area contributed by atoms with E-state index in [9.17, 15) is 14.4 Å². The molecule has 0 unspecified atom stereocenters. The van der Waals surface area contributed by atoms with Gasteiger partial charge in [0.2, 0.25) is 0 Å². The zero-order chi connectivity index (χ0) is 26.0. The van der Waals surface area contributed by atoms with E-state index in [4.69, 9.17) is 32.7 Å². The fraction of sp³-hybridized carbons (Fsp3) is 0.115. The summed E-state index contributed by atoms with van der Waals surface area (Å²) >= 11 is 12.4. The van der Waals surface area contributed by atoms with E-state index in [0.29, 0.717) is 44.7 Å². The lowest BCUT2D eigenvalue weighted by atomic mass is 10.1. The Morgan fingerprint density at radius 2 is 1.67 bits per heavy atom. The summed E-state index contributed by atoms with van der Waals surface area (Å²) in [4.78, 5) is 39.8. The maximum atomic E-state index is 13.1. The van der Waals surface area contributed by atoms with Crippen molar-refractivity contribution in [2.75, 3.05) is 29.8 Å². The van der Waals surface area contributed by atoms with E-state index in [1.54, 1.807) is 61.5 Å². The van der Waals surface area contributed by atoms with Gasteiger partial charge in [-0.05, 0) is 55.0 Å². The van der Waals surface area contributed by atoms with Crippen LogP contribution in [0.15, 0.2) is 71.4 Å². The lowest BCUT2D eigenvalue weighted by molar-refractivity contribution is -0.120. The average Bonchev–Trinajstić information content (AvgIpc) is 3.09. The summed E-state index contributed by atoms with van der Waals surface area (Å²) in [5.41, 5.74) is 1.96. The second-order valence-corrected chi connectivity index (χ2v) is 8.53. The van der Waals surface area contributed by atoms with E-state index < -0.39 is 17.7 Å².